The molecule has 1 aliphatic carbocycles. The summed E-state index contributed by atoms with van der Waals surface area (Å²) in [4.78, 5) is 8.49. The summed E-state index contributed by atoms with van der Waals surface area (Å²) < 4.78 is 0. The fraction of sp³-hybridized carbons (Fsp3) is 0.600. The van der Waals surface area contributed by atoms with Crippen LogP contribution < -0.4 is 5.73 Å². The third-order valence-electron chi connectivity index (χ3n) is 2.61. The Labute approximate surface area is 78.4 Å². The van der Waals surface area contributed by atoms with Gasteiger partial charge in [-0.1, -0.05) is 0 Å². The summed E-state index contributed by atoms with van der Waals surface area (Å²) in [7, 11) is 0. The van der Waals surface area contributed by atoms with Gasteiger partial charge in [-0.2, -0.15) is 0 Å². The van der Waals surface area contributed by atoms with Gasteiger partial charge in [0, 0.05) is 17.9 Å². The average Bonchev–Trinajstić information content (AvgIpc) is 2.84. The first kappa shape index (κ1) is 8.63. The molecule has 0 unspecified atom stereocenters. The van der Waals surface area contributed by atoms with Crippen LogP contribution >= 0.6 is 0 Å². The molecule has 1 heterocycles. The highest BCUT2D eigenvalue weighted by Gasteiger charge is 2.37. The summed E-state index contributed by atoms with van der Waals surface area (Å²) in [6.07, 6.45) is 8.01. The van der Waals surface area contributed by atoms with Crippen LogP contribution in [0.4, 0.5) is 0 Å². The van der Waals surface area contributed by atoms with Gasteiger partial charge in [-0.15, -0.1) is 0 Å². The first-order valence-corrected chi connectivity index (χ1v) is 4.74. The molecule has 0 bridgehead atoms. The normalized spacial score (nSPS) is 18.6. The van der Waals surface area contributed by atoms with E-state index >= 15 is 0 Å². The first-order valence-electron chi connectivity index (χ1n) is 4.74. The van der Waals surface area contributed by atoms with E-state index in [0.29, 0.717) is 0 Å². The zero-order chi connectivity index (χ0) is 9.31. The molecule has 0 spiro atoms. The Bertz CT molecular complexity index is 288. The van der Waals surface area contributed by atoms with Crippen molar-refractivity contribution in [1.82, 2.24) is 9.97 Å². The summed E-state index contributed by atoms with van der Waals surface area (Å²) in [5.41, 5.74) is 8.14. The quantitative estimate of drug-likeness (QED) is 0.755. The Balaban J connectivity index is 1.91. The zero-order valence-corrected chi connectivity index (χ0v) is 7.95. The predicted octanol–water partition coefficient (Wildman–Crippen LogP) is 1.21. The molecule has 1 saturated carbocycles. The van der Waals surface area contributed by atoms with Gasteiger partial charge >= 0.3 is 0 Å². The standard InChI is InChI=1S/C10H15N3/c1-8-6-13-9(7-12-8)2-3-10(11)4-5-10/h6-7H,2-5,11H2,1H3. The monoisotopic (exact) mass is 177 g/mol. The summed E-state index contributed by atoms with van der Waals surface area (Å²) in [5, 5.41) is 0. The number of hydrogen-bond acceptors (Lipinski definition) is 3. The zero-order valence-electron chi connectivity index (χ0n) is 7.95. The molecule has 0 atom stereocenters. The van der Waals surface area contributed by atoms with E-state index < -0.39 is 0 Å². The van der Waals surface area contributed by atoms with Crippen LogP contribution in [0.1, 0.15) is 30.7 Å². The van der Waals surface area contributed by atoms with Crippen molar-refractivity contribution in [3.8, 4) is 0 Å². The molecule has 3 nitrogen and oxygen atoms in total. The Kier molecular flexibility index (Phi) is 2.04. The van der Waals surface area contributed by atoms with Gasteiger partial charge in [-0.05, 0) is 32.6 Å². The van der Waals surface area contributed by atoms with E-state index in [0.717, 1.165) is 24.2 Å². The minimum atomic E-state index is 0.132. The lowest BCUT2D eigenvalue weighted by Crippen LogP contribution is -2.22. The van der Waals surface area contributed by atoms with Crippen LogP contribution in [0.5, 0.6) is 0 Å². The Morgan fingerprint density at radius 2 is 2.15 bits per heavy atom. The second kappa shape index (κ2) is 3.07. The van der Waals surface area contributed by atoms with Crippen molar-refractivity contribution in [3.63, 3.8) is 0 Å². The van der Waals surface area contributed by atoms with E-state index in [-0.39, 0.29) is 5.54 Å². The topological polar surface area (TPSA) is 51.8 Å². The fourth-order valence-electron chi connectivity index (χ4n) is 1.34. The number of nitrogens with zero attached hydrogens (tertiary/aromatic N) is 2. The Morgan fingerprint density at radius 1 is 1.38 bits per heavy atom. The fourth-order valence-corrected chi connectivity index (χ4v) is 1.34. The molecule has 0 saturated heterocycles. The van der Waals surface area contributed by atoms with Crippen molar-refractivity contribution in [2.75, 3.05) is 0 Å². The molecule has 2 N–H and O–H groups in total. The minimum Gasteiger partial charge on any atom is -0.325 e. The lowest BCUT2D eigenvalue weighted by molar-refractivity contribution is 0.602. The van der Waals surface area contributed by atoms with Crippen molar-refractivity contribution in [1.29, 1.82) is 0 Å². The third-order valence-corrected chi connectivity index (χ3v) is 2.61. The van der Waals surface area contributed by atoms with Crippen LogP contribution in [0.25, 0.3) is 0 Å². The van der Waals surface area contributed by atoms with Crippen molar-refractivity contribution in [2.24, 2.45) is 5.73 Å². The van der Waals surface area contributed by atoms with Gasteiger partial charge in [0.05, 0.1) is 11.4 Å². The second-order valence-electron chi connectivity index (χ2n) is 4.01. The van der Waals surface area contributed by atoms with Crippen molar-refractivity contribution in [2.45, 2.75) is 38.1 Å². The number of hydrogen-bond donors (Lipinski definition) is 1. The molecule has 0 amide bonds. The Morgan fingerprint density at radius 3 is 2.69 bits per heavy atom. The van der Waals surface area contributed by atoms with Crippen LogP contribution in [0.15, 0.2) is 12.4 Å². The van der Waals surface area contributed by atoms with E-state index in [1.807, 2.05) is 19.3 Å². The van der Waals surface area contributed by atoms with E-state index in [1.54, 1.807) is 0 Å². The average molecular weight is 177 g/mol. The minimum absolute atomic E-state index is 0.132. The summed E-state index contributed by atoms with van der Waals surface area (Å²) >= 11 is 0. The highest BCUT2D eigenvalue weighted by Crippen LogP contribution is 2.36. The van der Waals surface area contributed by atoms with Crippen molar-refractivity contribution >= 4 is 0 Å². The van der Waals surface area contributed by atoms with Gasteiger partial charge in [0.15, 0.2) is 0 Å². The maximum atomic E-state index is 5.98. The van der Waals surface area contributed by atoms with Gasteiger partial charge < -0.3 is 5.73 Å². The molecule has 0 aliphatic heterocycles. The highest BCUT2D eigenvalue weighted by molar-refractivity contribution is 5.05. The molecule has 13 heavy (non-hydrogen) atoms. The molecular weight excluding hydrogens is 162 g/mol. The summed E-state index contributed by atoms with van der Waals surface area (Å²) in [5.74, 6) is 0. The van der Waals surface area contributed by atoms with Crippen LogP contribution in [0, 0.1) is 6.92 Å². The molecule has 1 aromatic rings. The number of aryl methyl sites for hydroxylation is 2. The van der Waals surface area contributed by atoms with Gasteiger partial charge in [-0.25, -0.2) is 0 Å². The van der Waals surface area contributed by atoms with Crippen LogP contribution in [0.2, 0.25) is 0 Å². The van der Waals surface area contributed by atoms with Gasteiger partial charge in [0.25, 0.3) is 0 Å². The largest absolute Gasteiger partial charge is 0.325 e. The van der Waals surface area contributed by atoms with Crippen LogP contribution in [0.3, 0.4) is 0 Å². The Hall–Kier alpha value is -0.960. The van der Waals surface area contributed by atoms with E-state index in [4.69, 9.17) is 5.73 Å². The number of aromatic nitrogens is 2. The van der Waals surface area contributed by atoms with E-state index in [1.165, 1.54) is 12.8 Å². The van der Waals surface area contributed by atoms with Crippen LogP contribution in [-0.4, -0.2) is 15.5 Å². The van der Waals surface area contributed by atoms with Gasteiger partial charge in [-0.3, -0.25) is 9.97 Å². The van der Waals surface area contributed by atoms with Crippen molar-refractivity contribution < 1.29 is 0 Å². The first-order chi connectivity index (χ1) is 6.18. The molecule has 0 aromatic carbocycles. The molecule has 2 rings (SSSR count). The molecule has 0 radical (unpaired) electrons. The number of rotatable bonds is 3. The predicted molar refractivity (Wildman–Crippen MR) is 51.2 cm³/mol. The summed E-state index contributed by atoms with van der Waals surface area (Å²) in [6.45, 7) is 1.95. The molecule has 1 fully saturated rings. The second-order valence-corrected chi connectivity index (χ2v) is 4.01. The third kappa shape index (κ3) is 2.25. The van der Waals surface area contributed by atoms with Gasteiger partial charge in [0.2, 0.25) is 0 Å². The van der Waals surface area contributed by atoms with Crippen LogP contribution in [-0.2, 0) is 6.42 Å². The van der Waals surface area contributed by atoms with E-state index in [2.05, 4.69) is 9.97 Å². The lowest BCUT2D eigenvalue weighted by atomic mass is 10.1. The maximum Gasteiger partial charge on any atom is 0.0587 e. The molecule has 1 aliphatic rings. The molecule has 1 aromatic heterocycles. The smallest absolute Gasteiger partial charge is 0.0587 e. The van der Waals surface area contributed by atoms with Crippen molar-refractivity contribution in [3.05, 3.63) is 23.8 Å². The number of nitrogens with two attached hydrogens (primary N) is 1. The highest BCUT2D eigenvalue weighted by atomic mass is 14.8. The molecular formula is C10H15N3. The van der Waals surface area contributed by atoms with E-state index in [9.17, 15) is 0 Å². The molecule has 3 heteroatoms. The lowest BCUT2D eigenvalue weighted by Gasteiger charge is -2.06. The van der Waals surface area contributed by atoms with Gasteiger partial charge in [0.1, 0.15) is 0 Å². The SMILES string of the molecule is Cc1cnc(CCC2(N)CC2)cn1. The molecule has 70 valence electrons. The maximum absolute atomic E-state index is 5.98. The summed E-state index contributed by atoms with van der Waals surface area (Å²) in [6, 6.07) is 0.